The van der Waals surface area contributed by atoms with Crippen LogP contribution in [0.1, 0.15) is 44.4 Å². The van der Waals surface area contributed by atoms with Crippen molar-refractivity contribution in [1.82, 2.24) is 4.57 Å². The van der Waals surface area contributed by atoms with E-state index >= 15 is 0 Å². The monoisotopic (exact) mass is 339 g/mol. The molecule has 2 N–H and O–H groups in total. The zero-order valence-corrected chi connectivity index (χ0v) is 14.5. The molecule has 4 nitrogen and oxygen atoms in total. The van der Waals surface area contributed by atoms with Gasteiger partial charge in [-0.1, -0.05) is 18.6 Å². The quantitative estimate of drug-likeness (QED) is 0.769. The molecule has 0 fully saturated rings. The molecule has 0 radical (unpaired) electrons. The molecule has 1 aromatic rings. The molecule has 0 amide bonds. The van der Waals surface area contributed by atoms with Crippen LogP contribution in [0.5, 0.6) is 5.88 Å². The fourth-order valence-corrected chi connectivity index (χ4v) is 4.01. The summed E-state index contributed by atoms with van der Waals surface area (Å²) in [7, 11) is 0. The standard InChI is InChI=1S/C16H21NO3S2/c1-10-5-3-6-11(2)12(10)9-13-15(20)17(16(21)22-13)8-4-7-14(18)19/h5,9,11,20H,3-4,6-8H2,1-2H3,(H,18,19). The normalized spacial score (nSPS) is 20.2. The van der Waals surface area contributed by atoms with E-state index in [1.165, 1.54) is 22.5 Å². The number of aromatic hydroxyl groups is 1. The number of rotatable bonds is 5. The first-order valence-corrected chi connectivity index (χ1v) is 8.65. The Kier molecular flexibility index (Phi) is 5.58. The Morgan fingerprint density at radius 3 is 2.95 bits per heavy atom. The van der Waals surface area contributed by atoms with E-state index in [4.69, 9.17) is 17.3 Å². The van der Waals surface area contributed by atoms with Crippen molar-refractivity contribution in [1.29, 1.82) is 0 Å². The van der Waals surface area contributed by atoms with Crippen LogP contribution in [-0.4, -0.2) is 20.7 Å². The first kappa shape index (κ1) is 17.0. The Bertz CT molecular complexity index is 682. The third kappa shape index (κ3) is 3.87. The Balaban J connectivity index is 2.26. The van der Waals surface area contributed by atoms with E-state index in [9.17, 15) is 9.90 Å². The van der Waals surface area contributed by atoms with Crippen LogP contribution in [0, 0.1) is 9.87 Å². The van der Waals surface area contributed by atoms with Gasteiger partial charge in [-0.25, -0.2) is 0 Å². The zero-order valence-electron chi connectivity index (χ0n) is 12.8. The molecule has 1 unspecified atom stereocenters. The van der Waals surface area contributed by atoms with Crippen molar-refractivity contribution in [3.05, 3.63) is 26.1 Å². The number of aromatic nitrogens is 1. The molecule has 0 bridgehead atoms. The highest BCUT2D eigenvalue weighted by atomic mass is 32.1. The number of carboxylic acid groups (broad SMARTS) is 1. The van der Waals surface area contributed by atoms with Gasteiger partial charge in [0.2, 0.25) is 5.88 Å². The summed E-state index contributed by atoms with van der Waals surface area (Å²) in [5, 5.41) is 19.1. The maximum Gasteiger partial charge on any atom is 0.303 e. The Hall–Kier alpha value is -1.40. The first-order valence-electron chi connectivity index (χ1n) is 7.43. The lowest BCUT2D eigenvalue weighted by Crippen LogP contribution is -2.05. The molecule has 0 saturated carbocycles. The van der Waals surface area contributed by atoms with Gasteiger partial charge in [-0.15, -0.1) is 11.3 Å². The number of nitrogens with zero attached hydrogens (tertiary/aromatic N) is 1. The molecule has 2 rings (SSSR count). The second kappa shape index (κ2) is 7.24. The van der Waals surface area contributed by atoms with Crippen LogP contribution >= 0.6 is 23.6 Å². The van der Waals surface area contributed by atoms with Crippen molar-refractivity contribution in [2.45, 2.75) is 46.1 Å². The summed E-state index contributed by atoms with van der Waals surface area (Å²) in [6.07, 6.45) is 7.01. The fourth-order valence-electron chi connectivity index (χ4n) is 2.70. The van der Waals surface area contributed by atoms with E-state index in [-0.39, 0.29) is 12.3 Å². The predicted octanol–water partition coefficient (Wildman–Crippen LogP) is 4.61. The number of hydrogen-bond acceptors (Lipinski definition) is 4. The molecule has 6 heteroatoms. The molecule has 1 aliphatic carbocycles. The van der Waals surface area contributed by atoms with Crippen molar-refractivity contribution in [2.75, 3.05) is 0 Å². The van der Waals surface area contributed by atoms with E-state index in [0.717, 1.165) is 17.7 Å². The summed E-state index contributed by atoms with van der Waals surface area (Å²) in [5.74, 6) is -0.209. The van der Waals surface area contributed by atoms with Gasteiger partial charge in [-0.3, -0.25) is 9.36 Å². The van der Waals surface area contributed by atoms with Crippen LogP contribution in [0.15, 0.2) is 17.2 Å². The van der Waals surface area contributed by atoms with Crippen molar-refractivity contribution in [2.24, 2.45) is 5.92 Å². The third-order valence-corrected chi connectivity index (χ3v) is 5.37. The first-order chi connectivity index (χ1) is 10.4. The highest BCUT2D eigenvalue weighted by Gasteiger charge is 2.17. The van der Waals surface area contributed by atoms with Gasteiger partial charge in [-0.2, -0.15) is 0 Å². The van der Waals surface area contributed by atoms with Gasteiger partial charge < -0.3 is 10.2 Å². The SMILES string of the molecule is CC1=CCCC(C)C1=Cc1sc(=S)n(CCCC(=O)O)c1O. The highest BCUT2D eigenvalue weighted by molar-refractivity contribution is 7.73. The minimum Gasteiger partial charge on any atom is -0.493 e. The Labute approximate surface area is 139 Å². The van der Waals surface area contributed by atoms with Crippen LogP contribution in [0.2, 0.25) is 0 Å². The molecule has 1 aromatic heterocycles. The second-order valence-electron chi connectivity index (χ2n) is 5.67. The van der Waals surface area contributed by atoms with Crippen molar-refractivity contribution in [3.63, 3.8) is 0 Å². The average Bonchev–Trinajstić information content (AvgIpc) is 2.70. The molecule has 1 atom stereocenters. The van der Waals surface area contributed by atoms with E-state index in [1.54, 1.807) is 4.57 Å². The van der Waals surface area contributed by atoms with E-state index in [0.29, 0.717) is 22.8 Å². The number of thiazole rings is 1. The molecular weight excluding hydrogens is 318 g/mol. The lowest BCUT2D eigenvalue weighted by atomic mass is 9.85. The fraction of sp³-hybridized carbons (Fsp3) is 0.500. The van der Waals surface area contributed by atoms with E-state index < -0.39 is 5.97 Å². The average molecular weight is 339 g/mol. The maximum absolute atomic E-state index is 10.6. The summed E-state index contributed by atoms with van der Waals surface area (Å²) in [6, 6.07) is 0. The molecule has 1 heterocycles. The van der Waals surface area contributed by atoms with Crippen LogP contribution in [0.4, 0.5) is 0 Å². The lowest BCUT2D eigenvalue weighted by Gasteiger charge is -2.21. The van der Waals surface area contributed by atoms with Crippen LogP contribution in [-0.2, 0) is 11.3 Å². The number of carboxylic acids is 1. The van der Waals surface area contributed by atoms with Gasteiger partial charge in [0.15, 0.2) is 3.95 Å². The molecule has 1 aliphatic rings. The number of carbonyl (C=O) groups is 1. The minimum absolute atomic E-state index is 0.0758. The topological polar surface area (TPSA) is 62.5 Å². The van der Waals surface area contributed by atoms with Gasteiger partial charge in [0, 0.05) is 13.0 Å². The van der Waals surface area contributed by atoms with Crippen molar-refractivity contribution in [3.8, 4) is 5.88 Å². The lowest BCUT2D eigenvalue weighted by molar-refractivity contribution is -0.137. The molecular formula is C16H21NO3S2. The molecule has 22 heavy (non-hydrogen) atoms. The van der Waals surface area contributed by atoms with Crippen LogP contribution in [0.25, 0.3) is 6.08 Å². The maximum atomic E-state index is 10.6. The third-order valence-electron chi connectivity index (χ3n) is 3.99. The molecule has 0 saturated heterocycles. The molecule has 120 valence electrons. The molecule has 0 aliphatic heterocycles. The van der Waals surface area contributed by atoms with E-state index in [2.05, 4.69) is 19.9 Å². The summed E-state index contributed by atoms with van der Waals surface area (Å²) in [4.78, 5) is 11.3. The predicted molar refractivity (Wildman–Crippen MR) is 91.8 cm³/mol. The van der Waals surface area contributed by atoms with Crippen LogP contribution < -0.4 is 0 Å². The summed E-state index contributed by atoms with van der Waals surface area (Å²) < 4.78 is 2.21. The van der Waals surface area contributed by atoms with Gasteiger partial charge in [-0.05, 0) is 56.0 Å². The number of aliphatic carboxylic acids is 1. The highest BCUT2D eigenvalue weighted by Crippen LogP contribution is 2.35. The molecule has 0 aromatic carbocycles. The summed E-state index contributed by atoms with van der Waals surface area (Å²) >= 11 is 6.67. The second-order valence-corrected chi connectivity index (χ2v) is 7.35. The smallest absolute Gasteiger partial charge is 0.303 e. The largest absolute Gasteiger partial charge is 0.493 e. The van der Waals surface area contributed by atoms with Crippen molar-refractivity contribution < 1.29 is 15.0 Å². The number of allylic oxidation sites excluding steroid dienone is 3. The van der Waals surface area contributed by atoms with Gasteiger partial charge in [0.1, 0.15) is 0 Å². The van der Waals surface area contributed by atoms with Gasteiger partial charge in [0.05, 0.1) is 4.88 Å². The van der Waals surface area contributed by atoms with Gasteiger partial charge in [0.25, 0.3) is 0 Å². The van der Waals surface area contributed by atoms with Crippen molar-refractivity contribution >= 4 is 35.6 Å². The zero-order chi connectivity index (χ0) is 16.3. The Morgan fingerprint density at radius 1 is 1.59 bits per heavy atom. The number of hydrogen-bond donors (Lipinski definition) is 2. The van der Waals surface area contributed by atoms with Gasteiger partial charge >= 0.3 is 5.97 Å². The Morgan fingerprint density at radius 2 is 2.32 bits per heavy atom. The molecule has 0 spiro atoms. The van der Waals surface area contributed by atoms with E-state index in [1.807, 2.05) is 6.08 Å². The minimum atomic E-state index is -0.833. The van der Waals surface area contributed by atoms with Crippen LogP contribution in [0.3, 0.4) is 0 Å². The summed E-state index contributed by atoms with van der Waals surface area (Å²) in [5.41, 5.74) is 2.50. The summed E-state index contributed by atoms with van der Waals surface area (Å²) in [6.45, 7) is 4.73.